The van der Waals surface area contributed by atoms with Crippen LogP contribution < -0.4 is 11.1 Å². The highest BCUT2D eigenvalue weighted by Crippen LogP contribution is 2.28. The first-order valence-corrected chi connectivity index (χ1v) is 7.29. The van der Waals surface area contributed by atoms with Crippen LogP contribution in [-0.4, -0.2) is 17.4 Å². The highest BCUT2D eigenvalue weighted by molar-refractivity contribution is 5.99. The van der Waals surface area contributed by atoms with E-state index >= 15 is 0 Å². The van der Waals surface area contributed by atoms with E-state index in [1.165, 1.54) is 31.0 Å². The quantitative estimate of drug-likeness (QED) is 0.506. The van der Waals surface area contributed by atoms with Crippen molar-refractivity contribution in [2.24, 2.45) is 11.8 Å². The summed E-state index contributed by atoms with van der Waals surface area (Å²) in [5, 5.41) is 13.8. The SMILES string of the molecule is CC1CCCC(CNC(=O)c2cc(N)ccc2[N+](=O)[O-])C1. The van der Waals surface area contributed by atoms with Gasteiger partial charge < -0.3 is 11.1 Å². The van der Waals surface area contributed by atoms with Gasteiger partial charge in [-0.1, -0.05) is 19.8 Å². The van der Waals surface area contributed by atoms with Crippen LogP contribution in [0.5, 0.6) is 0 Å². The Kier molecular flexibility index (Phi) is 4.77. The number of anilines is 1. The molecular formula is C15H21N3O3. The molecule has 6 nitrogen and oxygen atoms in total. The largest absolute Gasteiger partial charge is 0.399 e. The minimum absolute atomic E-state index is 0.0313. The Balaban J connectivity index is 2.03. The van der Waals surface area contributed by atoms with E-state index in [1.807, 2.05) is 0 Å². The van der Waals surface area contributed by atoms with Gasteiger partial charge in [0.15, 0.2) is 0 Å². The van der Waals surface area contributed by atoms with E-state index in [1.54, 1.807) is 0 Å². The van der Waals surface area contributed by atoms with Crippen LogP contribution in [0, 0.1) is 22.0 Å². The molecule has 2 unspecified atom stereocenters. The first kappa shape index (κ1) is 15.3. The predicted octanol–water partition coefficient (Wildman–Crippen LogP) is 2.73. The second-order valence-electron chi connectivity index (χ2n) is 5.88. The van der Waals surface area contributed by atoms with E-state index in [9.17, 15) is 14.9 Å². The summed E-state index contributed by atoms with van der Waals surface area (Å²) in [6, 6.07) is 4.06. The smallest absolute Gasteiger partial charge is 0.282 e. The van der Waals surface area contributed by atoms with Gasteiger partial charge in [-0.05, 0) is 36.8 Å². The maximum Gasteiger partial charge on any atom is 0.282 e. The topological polar surface area (TPSA) is 98.3 Å². The molecule has 0 spiro atoms. The van der Waals surface area contributed by atoms with Crippen LogP contribution >= 0.6 is 0 Å². The number of amides is 1. The molecule has 0 heterocycles. The van der Waals surface area contributed by atoms with Crippen LogP contribution in [-0.2, 0) is 0 Å². The number of nitrogens with two attached hydrogens (primary N) is 1. The molecule has 2 rings (SSSR count). The van der Waals surface area contributed by atoms with Crippen LogP contribution in [0.25, 0.3) is 0 Å². The fourth-order valence-electron chi connectivity index (χ4n) is 2.97. The minimum atomic E-state index is -0.558. The van der Waals surface area contributed by atoms with Gasteiger partial charge in [-0.3, -0.25) is 14.9 Å². The number of benzene rings is 1. The van der Waals surface area contributed by atoms with Crippen molar-refractivity contribution in [2.45, 2.75) is 32.6 Å². The fourth-order valence-corrected chi connectivity index (χ4v) is 2.97. The van der Waals surface area contributed by atoms with Crippen LogP contribution in [0.3, 0.4) is 0 Å². The van der Waals surface area contributed by atoms with Crippen molar-refractivity contribution in [1.29, 1.82) is 0 Å². The van der Waals surface area contributed by atoms with Crippen molar-refractivity contribution < 1.29 is 9.72 Å². The van der Waals surface area contributed by atoms with Gasteiger partial charge >= 0.3 is 0 Å². The van der Waals surface area contributed by atoms with Crippen molar-refractivity contribution >= 4 is 17.3 Å². The van der Waals surface area contributed by atoms with Crippen LogP contribution in [0.1, 0.15) is 43.0 Å². The summed E-state index contributed by atoms with van der Waals surface area (Å²) in [7, 11) is 0. The van der Waals surface area contributed by atoms with Crippen LogP contribution in [0.2, 0.25) is 0 Å². The zero-order chi connectivity index (χ0) is 15.4. The summed E-state index contributed by atoms with van der Waals surface area (Å²) in [6.07, 6.45) is 4.62. The summed E-state index contributed by atoms with van der Waals surface area (Å²) < 4.78 is 0. The third kappa shape index (κ3) is 3.93. The van der Waals surface area contributed by atoms with Crippen molar-refractivity contribution in [1.82, 2.24) is 5.32 Å². The lowest BCUT2D eigenvalue weighted by molar-refractivity contribution is -0.385. The highest BCUT2D eigenvalue weighted by atomic mass is 16.6. The molecule has 21 heavy (non-hydrogen) atoms. The average molecular weight is 291 g/mol. The Hall–Kier alpha value is -2.11. The molecule has 1 aliphatic carbocycles. The third-order valence-corrected chi connectivity index (χ3v) is 4.06. The number of carbonyl (C=O) groups excluding carboxylic acids is 1. The molecule has 1 saturated carbocycles. The lowest BCUT2D eigenvalue weighted by atomic mass is 9.82. The Labute approximate surface area is 123 Å². The number of nitrogens with zero attached hydrogens (tertiary/aromatic N) is 1. The van der Waals surface area contributed by atoms with Gasteiger partial charge in [-0.15, -0.1) is 0 Å². The molecule has 1 fully saturated rings. The van der Waals surface area contributed by atoms with Gasteiger partial charge in [-0.25, -0.2) is 0 Å². The van der Waals surface area contributed by atoms with Gasteiger partial charge in [0, 0.05) is 18.3 Å². The molecule has 1 aromatic carbocycles. The van der Waals surface area contributed by atoms with Crippen molar-refractivity contribution in [3.63, 3.8) is 0 Å². The molecule has 2 atom stereocenters. The third-order valence-electron chi connectivity index (χ3n) is 4.06. The number of nitro benzene ring substituents is 1. The van der Waals surface area contributed by atoms with E-state index in [-0.39, 0.29) is 11.3 Å². The van der Waals surface area contributed by atoms with Gasteiger partial charge in [0.2, 0.25) is 0 Å². The number of nitro groups is 1. The molecule has 0 bridgehead atoms. The van der Waals surface area contributed by atoms with Gasteiger partial charge in [-0.2, -0.15) is 0 Å². The van der Waals surface area contributed by atoms with E-state index in [0.717, 1.165) is 12.8 Å². The van der Waals surface area contributed by atoms with Gasteiger partial charge in [0.25, 0.3) is 11.6 Å². The van der Waals surface area contributed by atoms with Crippen molar-refractivity contribution in [2.75, 3.05) is 12.3 Å². The summed E-state index contributed by atoms with van der Waals surface area (Å²) in [5.41, 5.74) is 5.79. The molecule has 3 N–H and O–H groups in total. The molecule has 0 saturated heterocycles. The lowest BCUT2D eigenvalue weighted by Gasteiger charge is -2.26. The van der Waals surface area contributed by atoms with Crippen molar-refractivity contribution in [3.8, 4) is 0 Å². The standard InChI is InChI=1S/C15H21N3O3/c1-10-3-2-4-11(7-10)9-17-15(19)13-8-12(16)5-6-14(13)18(20)21/h5-6,8,10-11H,2-4,7,9,16H2,1H3,(H,17,19). The average Bonchev–Trinajstić information content (AvgIpc) is 2.44. The zero-order valence-electron chi connectivity index (χ0n) is 12.2. The fraction of sp³-hybridized carbons (Fsp3) is 0.533. The number of carbonyl (C=O) groups is 1. The van der Waals surface area contributed by atoms with E-state index < -0.39 is 10.8 Å². The molecule has 1 amide bonds. The van der Waals surface area contributed by atoms with Crippen LogP contribution in [0.4, 0.5) is 11.4 Å². The summed E-state index contributed by atoms with van der Waals surface area (Å²) >= 11 is 0. The Morgan fingerprint density at radius 3 is 2.90 bits per heavy atom. The number of nitrogen functional groups attached to an aromatic ring is 1. The predicted molar refractivity (Wildman–Crippen MR) is 81.0 cm³/mol. The first-order chi connectivity index (χ1) is 9.97. The zero-order valence-corrected chi connectivity index (χ0v) is 12.2. The molecule has 6 heteroatoms. The lowest BCUT2D eigenvalue weighted by Crippen LogP contribution is -2.31. The van der Waals surface area contributed by atoms with Gasteiger partial charge in [0.1, 0.15) is 5.56 Å². The molecule has 0 radical (unpaired) electrons. The normalized spacial score (nSPS) is 21.8. The first-order valence-electron chi connectivity index (χ1n) is 7.29. The summed E-state index contributed by atoms with van der Waals surface area (Å²) in [4.78, 5) is 22.6. The number of rotatable bonds is 4. The van der Waals surface area contributed by atoms with E-state index in [0.29, 0.717) is 24.1 Å². The van der Waals surface area contributed by atoms with E-state index in [2.05, 4.69) is 12.2 Å². The molecule has 0 aliphatic heterocycles. The van der Waals surface area contributed by atoms with E-state index in [4.69, 9.17) is 5.73 Å². The second kappa shape index (κ2) is 6.56. The molecule has 0 aromatic heterocycles. The number of nitrogens with one attached hydrogen (secondary N) is 1. The second-order valence-corrected chi connectivity index (χ2v) is 5.88. The highest BCUT2D eigenvalue weighted by Gasteiger charge is 2.23. The Morgan fingerprint density at radius 2 is 2.24 bits per heavy atom. The molecule has 1 aliphatic rings. The molecular weight excluding hydrogens is 270 g/mol. The Morgan fingerprint density at radius 1 is 1.48 bits per heavy atom. The Bertz CT molecular complexity index is 545. The number of hydrogen-bond donors (Lipinski definition) is 2. The van der Waals surface area contributed by atoms with Crippen LogP contribution in [0.15, 0.2) is 18.2 Å². The van der Waals surface area contributed by atoms with Gasteiger partial charge in [0.05, 0.1) is 4.92 Å². The van der Waals surface area contributed by atoms with Crippen molar-refractivity contribution in [3.05, 3.63) is 33.9 Å². The molecule has 1 aromatic rings. The summed E-state index contributed by atoms with van der Waals surface area (Å²) in [5.74, 6) is 0.715. The minimum Gasteiger partial charge on any atom is -0.399 e. The number of hydrogen-bond acceptors (Lipinski definition) is 4. The maximum absolute atomic E-state index is 12.2. The summed E-state index contributed by atoms with van der Waals surface area (Å²) in [6.45, 7) is 2.78. The molecule has 114 valence electrons. The monoisotopic (exact) mass is 291 g/mol. The maximum atomic E-state index is 12.2.